The molecule has 0 amide bonds. The highest BCUT2D eigenvalue weighted by Crippen LogP contribution is 2.26. The third-order valence-electron chi connectivity index (χ3n) is 3.23. The molecule has 0 aliphatic carbocycles. The van der Waals surface area contributed by atoms with Crippen LogP contribution in [0.4, 0.5) is 0 Å². The Labute approximate surface area is 154 Å². The number of carbonyl (C=O) groups is 2. The van der Waals surface area contributed by atoms with E-state index in [1.165, 1.54) is 25.7 Å². The fourth-order valence-corrected chi connectivity index (χ4v) is 2.16. The summed E-state index contributed by atoms with van der Waals surface area (Å²) < 4.78 is 8.34. The Morgan fingerprint density at radius 1 is 0.957 bits per heavy atom. The fourth-order valence-electron chi connectivity index (χ4n) is 1.99. The minimum absolute atomic E-state index is 0.0282. The first kappa shape index (κ1) is 22.8. The zero-order valence-electron chi connectivity index (χ0n) is 13.9. The Morgan fingerprint density at radius 2 is 1.52 bits per heavy atom. The number of alkyl halides is 3. The van der Waals surface area contributed by atoms with Crippen LogP contribution in [0.25, 0.3) is 0 Å². The molecule has 1 unspecified atom stereocenters. The number of ether oxygens (including phenoxy) is 2. The van der Waals surface area contributed by atoms with Crippen LogP contribution >= 0.6 is 34.8 Å². The van der Waals surface area contributed by atoms with Crippen molar-refractivity contribution in [3.8, 4) is 0 Å². The number of halogens is 3. The maximum atomic E-state index is 11.6. The van der Waals surface area contributed by atoms with Crippen LogP contribution in [-0.2, 0) is 19.1 Å². The van der Waals surface area contributed by atoms with Crippen LogP contribution < -0.4 is 0 Å². The number of rotatable bonds is 12. The molecule has 0 saturated heterocycles. The number of carbonyl (C=O) groups excluding carboxylic acids is 2. The molecule has 0 aliphatic rings. The van der Waals surface area contributed by atoms with Gasteiger partial charge in [0.2, 0.25) is 3.79 Å². The molecule has 0 aromatic carbocycles. The molecule has 0 rings (SSSR count). The lowest BCUT2D eigenvalue weighted by molar-refractivity contribution is -0.153. The second-order valence-corrected chi connectivity index (χ2v) is 8.15. The summed E-state index contributed by atoms with van der Waals surface area (Å²) in [7, 11) is 0. The summed E-state index contributed by atoms with van der Waals surface area (Å²) >= 11 is 16.4. The molecule has 0 N–H and O–H groups in total. The predicted octanol–water partition coefficient (Wildman–Crippen LogP) is 5.36. The molecule has 1 atom stereocenters. The van der Waals surface area contributed by atoms with Crippen molar-refractivity contribution in [1.29, 1.82) is 0 Å². The third kappa shape index (κ3) is 16.5. The Kier molecular flexibility index (Phi) is 13.0. The minimum Gasteiger partial charge on any atom is -0.463 e. The van der Waals surface area contributed by atoms with Gasteiger partial charge in [0, 0.05) is 0 Å². The zero-order chi connectivity index (χ0) is 17.7. The first-order valence-electron chi connectivity index (χ1n) is 8.16. The van der Waals surface area contributed by atoms with Crippen LogP contribution in [0.5, 0.6) is 0 Å². The van der Waals surface area contributed by atoms with E-state index in [9.17, 15) is 9.59 Å². The van der Waals surface area contributed by atoms with Gasteiger partial charge in [0.1, 0.15) is 6.61 Å². The average molecular weight is 390 g/mol. The van der Waals surface area contributed by atoms with Gasteiger partial charge in [0.05, 0.1) is 18.9 Å². The van der Waals surface area contributed by atoms with Crippen LogP contribution in [0.2, 0.25) is 0 Å². The van der Waals surface area contributed by atoms with Crippen molar-refractivity contribution < 1.29 is 19.1 Å². The van der Waals surface area contributed by atoms with Gasteiger partial charge in [-0.3, -0.25) is 9.59 Å². The summed E-state index contributed by atoms with van der Waals surface area (Å²) in [5, 5.41) is 0. The van der Waals surface area contributed by atoms with Gasteiger partial charge in [-0.15, -0.1) is 0 Å². The molecule has 0 spiro atoms. The highest BCUT2D eigenvalue weighted by atomic mass is 35.6. The molecule has 4 nitrogen and oxygen atoms in total. The number of hydrogen-bond donors (Lipinski definition) is 0. The highest BCUT2D eigenvalue weighted by Gasteiger charge is 2.22. The molecule has 0 aromatic heterocycles. The lowest BCUT2D eigenvalue weighted by Gasteiger charge is -2.13. The van der Waals surface area contributed by atoms with E-state index >= 15 is 0 Å². The van der Waals surface area contributed by atoms with Gasteiger partial charge in [0.15, 0.2) is 0 Å². The molecule has 0 bridgehead atoms. The SMILES string of the molecule is CCCCCCCCC(C)OC(=O)CCC(=O)OCC(Cl)(Cl)Cl. The molecule has 23 heavy (non-hydrogen) atoms. The van der Waals surface area contributed by atoms with Gasteiger partial charge in [-0.25, -0.2) is 0 Å². The molecule has 0 fully saturated rings. The summed E-state index contributed by atoms with van der Waals surface area (Å²) in [5.41, 5.74) is 0. The first-order valence-corrected chi connectivity index (χ1v) is 9.30. The van der Waals surface area contributed by atoms with Crippen LogP contribution in [0.1, 0.15) is 71.6 Å². The van der Waals surface area contributed by atoms with E-state index in [1.54, 1.807) is 0 Å². The van der Waals surface area contributed by atoms with Crippen molar-refractivity contribution >= 4 is 46.7 Å². The molecule has 0 aliphatic heterocycles. The van der Waals surface area contributed by atoms with Crippen molar-refractivity contribution in [2.45, 2.75) is 81.5 Å². The van der Waals surface area contributed by atoms with Crippen molar-refractivity contribution in [2.75, 3.05) is 6.61 Å². The van der Waals surface area contributed by atoms with E-state index in [0.29, 0.717) is 0 Å². The van der Waals surface area contributed by atoms with Gasteiger partial charge in [0.25, 0.3) is 0 Å². The largest absolute Gasteiger partial charge is 0.463 e. The maximum Gasteiger partial charge on any atom is 0.306 e. The van der Waals surface area contributed by atoms with Gasteiger partial charge in [-0.05, 0) is 19.8 Å². The lowest BCUT2D eigenvalue weighted by atomic mass is 10.1. The summed E-state index contributed by atoms with van der Waals surface area (Å²) in [4.78, 5) is 23.0. The number of esters is 2. The third-order valence-corrected chi connectivity index (χ3v) is 3.55. The summed E-state index contributed by atoms with van der Waals surface area (Å²) in [6.07, 6.45) is 7.81. The molecule has 0 aromatic rings. The second-order valence-electron chi connectivity index (χ2n) is 5.63. The molecular weight excluding hydrogens is 363 g/mol. The first-order chi connectivity index (χ1) is 10.7. The van der Waals surface area contributed by atoms with Crippen LogP contribution in [-0.4, -0.2) is 28.4 Å². The van der Waals surface area contributed by atoms with E-state index < -0.39 is 15.7 Å². The van der Waals surface area contributed by atoms with Gasteiger partial charge >= 0.3 is 11.9 Å². The molecular formula is C16H27Cl3O4. The van der Waals surface area contributed by atoms with E-state index in [0.717, 1.165) is 19.3 Å². The van der Waals surface area contributed by atoms with Gasteiger partial charge in [-0.1, -0.05) is 73.8 Å². The maximum absolute atomic E-state index is 11.6. The zero-order valence-corrected chi connectivity index (χ0v) is 16.2. The lowest BCUT2D eigenvalue weighted by Crippen LogP contribution is -2.19. The molecule has 0 saturated carbocycles. The Morgan fingerprint density at radius 3 is 2.13 bits per heavy atom. The van der Waals surface area contributed by atoms with E-state index in [4.69, 9.17) is 44.3 Å². The van der Waals surface area contributed by atoms with Crippen LogP contribution in [0, 0.1) is 0 Å². The normalized spacial score (nSPS) is 12.7. The summed E-state index contributed by atoms with van der Waals surface area (Å²) in [6.45, 7) is 3.72. The molecule has 7 heteroatoms. The molecule has 136 valence electrons. The van der Waals surface area contributed by atoms with Crippen LogP contribution in [0.15, 0.2) is 0 Å². The highest BCUT2D eigenvalue weighted by molar-refractivity contribution is 6.67. The average Bonchev–Trinajstić information content (AvgIpc) is 2.46. The topological polar surface area (TPSA) is 52.6 Å². The summed E-state index contributed by atoms with van der Waals surface area (Å²) in [6, 6.07) is 0. The number of hydrogen-bond acceptors (Lipinski definition) is 4. The monoisotopic (exact) mass is 388 g/mol. The molecule has 0 radical (unpaired) electrons. The second kappa shape index (κ2) is 13.1. The van der Waals surface area contributed by atoms with Crippen LogP contribution in [0.3, 0.4) is 0 Å². The Bertz CT molecular complexity index is 343. The van der Waals surface area contributed by atoms with E-state index in [-0.39, 0.29) is 25.6 Å². The van der Waals surface area contributed by atoms with E-state index in [1.807, 2.05) is 6.92 Å². The smallest absolute Gasteiger partial charge is 0.306 e. The predicted molar refractivity (Wildman–Crippen MR) is 94.0 cm³/mol. The fraction of sp³-hybridized carbons (Fsp3) is 0.875. The van der Waals surface area contributed by atoms with Crippen molar-refractivity contribution in [3.63, 3.8) is 0 Å². The van der Waals surface area contributed by atoms with E-state index in [2.05, 4.69) is 6.92 Å². The van der Waals surface area contributed by atoms with Gasteiger partial charge < -0.3 is 9.47 Å². The van der Waals surface area contributed by atoms with Crippen molar-refractivity contribution in [1.82, 2.24) is 0 Å². The quantitative estimate of drug-likeness (QED) is 0.256. The minimum atomic E-state index is -1.64. The van der Waals surface area contributed by atoms with Crippen molar-refractivity contribution in [3.05, 3.63) is 0 Å². The number of unbranched alkanes of at least 4 members (excludes halogenated alkanes) is 5. The van der Waals surface area contributed by atoms with Crippen molar-refractivity contribution in [2.24, 2.45) is 0 Å². The summed E-state index contributed by atoms with van der Waals surface area (Å²) in [5.74, 6) is -0.994. The Balaban J connectivity index is 3.66. The molecule has 0 heterocycles. The standard InChI is InChI=1S/C16H27Cl3O4/c1-3-4-5-6-7-8-9-13(2)23-15(21)11-10-14(20)22-12-16(17,18)19/h13H,3-12H2,1-2H3. The van der Waals surface area contributed by atoms with Gasteiger partial charge in [-0.2, -0.15) is 0 Å². The Hall–Kier alpha value is -0.190.